The lowest BCUT2D eigenvalue weighted by molar-refractivity contribution is -0.109. The van der Waals surface area contributed by atoms with E-state index < -0.39 is 0 Å². The van der Waals surface area contributed by atoms with Gasteiger partial charge in [0.05, 0.1) is 11.2 Å². The summed E-state index contributed by atoms with van der Waals surface area (Å²) in [4.78, 5) is 0. The zero-order valence-electron chi connectivity index (χ0n) is 16.9. The average Bonchev–Trinajstić information content (AvgIpc) is 2.96. The van der Waals surface area contributed by atoms with Crippen molar-refractivity contribution < 1.29 is 9.31 Å². The van der Waals surface area contributed by atoms with Crippen LogP contribution in [0.25, 0.3) is 0 Å². The van der Waals surface area contributed by atoms with E-state index >= 15 is 0 Å². The van der Waals surface area contributed by atoms with Crippen LogP contribution in [-0.2, 0) is 15.9 Å². The van der Waals surface area contributed by atoms with E-state index in [0.717, 1.165) is 29.8 Å². The number of aromatic nitrogens is 2. The highest BCUT2D eigenvalue weighted by Crippen LogP contribution is 2.61. The molecule has 0 spiro atoms. The van der Waals surface area contributed by atoms with Crippen LogP contribution in [0.3, 0.4) is 0 Å². The summed E-state index contributed by atoms with van der Waals surface area (Å²) < 4.78 is 14.6. The lowest BCUT2D eigenvalue weighted by Crippen LogP contribution is -2.53. The van der Waals surface area contributed by atoms with Crippen LogP contribution in [0.2, 0.25) is 0 Å². The van der Waals surface area contributed by atoms with Crippen LogP contribution in [0, 0.1) is 30.1 Å². The van der Waals surface area contributed by atoms with Gasteiger partial charge >= 0.3 is 7.12 Å². The molecule has 25 heavy (non-hydrogen) atoms. The maximum Gasteiger partial charge on any atom is 0.498 e. The third-order valence-corrected chi connectivity index (χ3v) is 8.06. The molecule has 0 radical (unpaired) electrons. The Morgan fingerprint density at radius 3 is 2.32 bits per heavy atom. The Morgan fingerprint density at radius 1 is 1.12 bits per heavy atom. The van der Waals surface area contributed by atoms with Gasteiger partial charge in [0, 0.05) is 23.9 Å². The molecule has 0 amide bonds. The minimum absolute atomic E-state index is 0.305. The normalized spacial score (nSPS) is 34.8. The van der Waals surface area contributed by atoms with Gasteiger partial charge in [-0.25, -0.2) is 0 Å². The van der Waals surface area contributed by atoms with Crippen molar-refractivity contribution in [1.82, 2.24) is 9.78 Å². The van der Waals surface area contributed by atoms with E-state index in [-0.39, 0.29) is 18.3 Å². The first kappa shape index (κ1) is 17.6. The summed E-state index contributed by atoms with van der Waals surface area (Å²) in [6, 6.07) is 0. The molecular weight excluding hydrogens is 311 g/mol. The standard InChI is InChI=1S/C20H33BN2O2/c1-13-17(21-24-19(4,5)20(6,7)25-21)11-22-23(13)12-14-8-9-15-10-16(14)18(15,2)3/h11,14-16H,8-10,12H2,1-7H3/t14-,15-,16+/m0/s1. The fourth-order valence-corrected chi connectivity index (χ4v) is 5.25. The lowest BCUT2D eigenvalue weighted by Gasteiger charge is -2.60. The predicted molar refractivity (Wildman–Crippen MR) is 101 cm³/mol. The number of hydrogen-bond donors (Lipinski definition) is 0. The molecule has 3 atom stereocenters. The van der Waals surface area contributed by atoms with E-state index in [1.165, 1.54) is 25.0 Å². The molecule has 5 rings (SSSR count). The van der Waals surface area contributed by atoms with Crippen molar-refractivity contribution in [3.63, 3.8) is 0 Å². The first-order valence-electron chi connectivity index (χ1n) is 9.91. The van der Waals surface area contributed by atoms with Gasteiger partial charge in [-0.3, -0.25) is 4.68 Å². The first-order valence-corrected chi connectivity index (χ1v) is 9.91. The van der Waals surface area contributed by atoms with Gasteiger partial charge in [-0.05, 0) is 77.0 Å². The van der Waals surface area contributed by atoms with E-state index in [0.29, 0.717) is 5.41 Å². The van der Waals surface area contributed by atoms with E-state index in [1.54, 1.807) is 0 Å². The summed E-state index contributed by atoms with van der Waals surface area (Å²) in [7, 11) is -0.311. The van der Waals surface area contributed by atoms with Gasteiger partial charge in [0.2, 0.25) is 0 Å². The van der Waals surface area contributed by atoms with Crippen molar-refractivity contribution in [2.75, 3.05) is 0 Å². The highest BCUT2D eigenvalue weighted by atomic mass is 16.7. The molecule has 0 aromatic carbocycles. The Labute approximate surface area is 152 Å². The molecule has 5 heteroatoms. The molecule has 2 bridgehead atoms. The monoisotopic (exact) mass is 344 g/mol. The van der Waals surface area contributed by atoms with Crippen LogP contribution in [0.15, 0.2) is 6.20 Å². The van der Waals surface area contributed by atoms with E-state index in [9.17, 15) is 0 Å². The average molecular weight is 344 g/mol. The summed E-state index contributed by atoms with van der Waals surface area (Å²) in [5.41, 5.74) is 2.19. The Balaban J connectivity index is 1.51. The molecule has 1 aliphatic heterocycles. The third-order valence-electron chi connectivity index (χ3n) is 8.06. The molecule has 3 saturated carbocycles. The summed E-state index contributed by atoms with van der Waals surface area (Å²) in [5, 5.41) is 4.71. The molecule has 1 aromatic heterocycles. The highest BCUT2D eigenvalue weighted by molar-refractivity contribution is 6.62. The number of nitrogens with zero attached hydrogens (tertiary/aromatic N) is 2. The van der Waals surface area contributed by atoms with Gasteiger partial charge < -0.3 is 9.31 Å². The van der Waals surface area contributed by atoms with Crippen molar-refractivity contribution in [3.8, 4) is 0 Å². The molecule has 3 aliphatic carbocycles. The molecule has 2 heterocycles. The smallest absolute Gasteiger partial charge is 0.399 e. The number of hydrogen-bond acceptors (Lipinski definition) is 3. The summed E-state index contributed by atoms with van der Waals surface area (Å²) in [6.45, 7) is 16.5. The molecule has 1 aromatic rings. The summed E-state index contributed by atoms with van der Waals surface area (Å²) >= 11 is 0. The van der Waals surface area contributed by atoms with Gasteiger partial charge in [0.25, 0.3) is 0 Å². The SMILES string of the molecule is Cc1c(B2OC(C)(C)C(C)(C)O2)cnn1C[C@@H]1CC[C@H]2C[C@H]1C2(C)C. The second-order valence-corrected chi connectivity index (χ2v) is 10.2. The molecule has 1 saturated heterocycles. The minimum Gasteiger partial charge on any atom is -0.399 e. The van der Waals surface area contributed by atoms with Crippen molar-refractivity contribution in [2.45, 2.75) is 85.5 Å². The third kappa shape index (κ3) is 2.53. The Bertz CT molecular complexity index is 661. The molecule has 0 N–H and O–H groups in total. The summed E-state index contributed by atoms with van der Waals surface area (Å²) in [5.74, 6) is 2.56. The second-order valence-electron chi connectivity index (χ2n) is 10.2. The van der Waals surface area contributed by atoms with Crippen LogP contribution in [-0.4, -0.2) is 28.1 Å². The Hall–Kier alpha value is -0.805. The van der Waals surface area contributed by atoms with Gasteiger partial charge in [-0.15, -0.1) is 0 Å². The van der Waals surface area contributed by atoms with Crippen molar-refractivity contribution in [2.24, 2.45) is 23.2 Å². The predicted octanol–water partition coefficient (Wildman–Crippen LogP) is 3.56. The maximum atomic E-state index is 6.22. The zero-order chi connectivity index (χ0) is 18.2. The largest absolute Gasteiger partial charge is 0.498 e. The van der Waals surface area contributed by atoms with Gasteiger partial charge in [-0.1, -0.05) is 13.8 Å². The van der Waals surface area contributed by atoms with E-state index in [2.05, 4.69) is 53.1 Å². The van der Waals surface area contributed by atoms with Crippen LogP contribution < -0.4 is 5.46 Å². The van der Waals surface area contributed by atoms with Crippen molar-refractivity contribution in [3.05, 3.63) is 11.9 Å². The minimum atomic E-state index is -0.311. The number of fused-ring (bicyclic) bond motifs is 2. The fraction of sp³-hybridized carbons (Fsp3) is 0.850. The fourth-order valence-electron chi connectivity index (χ4n) is 5.25. The van der Waals surface area contributed by atoms with Crippen molar-refractivity contribution in [1.29, 1.82) is 0 Å². The highest BCUT2D eigenvalue weighted by Gasteiger charge is 2.55. The second kappa shape index (κ2) is 5.35. The zero-order valence-corrected chi connectivity index (χ0v) is 16.9. The van der Waals surface area contributed by atoms with Gasteiger partial charge in [0.1, 0.15) is 0 Å². The Morgan fingerprint density at radius 2 is 1.76 bits per heavy atom. The number of rotatable bonds is 3. The van der Waals surface area contributed by atoms with Gasteiger partial charge in [0.15, 0.2) is 0 Å². The van der Waals surface area contributed by atoms with Gasteiger partial charge in [-0.2, -0.15) is 5.10 Å². The van der Waals surface area contributed by atoms with Crippen LogP contribution in [0.4, 0.5) is 0 Å². The summed E-state index contributed by atoms with van der Waals surface area (Å²) in [6.07, 6.45) is 6.11. The van der Waals surface area contributed by atoms with Crippen LogP contribution in [0.1, 0.15) is 66.5 Å². The van der Waals surface area contributed by atoms with Crippen molar-refractivity contribution >= 4 is 12.6 Å². The molecule has 4 nitrogen and oxygen atoms in total. The quantitative estimate of drug-likeness (QED) is 0.787. The Kier molecular flexibility index (Phi) is 3.77. The lowest BCUT2D eigenvalue weighted by atomic mass is 9.45. The molecular formula is C20H33BN2O2. The van der Waals surface area contributed by atoms with Crippen LogP contribution in [0.5, 0.6) is 0 Å². The topological polar surface area (TPSA) is 36.3 Å². The molecule has 4 aliphatic rings. The van der Waals surface area contributed by atoms with E-state index in [4.69, 9.17) is 14.4 Å². The first-order chi connectivity index (χ1) is 11.5. The molecule has 4 fully saturated rings. The maximum absolute atomic E-state index is 6.22. The van der Waals surface area contributed by atoms with E-state index in [1.807, 2.05) is 6.20 Å². The van der Waals surface area contributed by atoms with Crippen LogP contribution >= 0.6 is 0 Å². The molecule has 0 unspecified atom stereocenters. The molecule has 138 valence electrons.